The Hall–Kier alpha value is -6.55. The normalized spacial score (nSPS) is 18.9. The van der Waals surface area contributed by atoms with E-state index in [0.29, 0.717) is 22.6 Å². The first-order chi connectivity index (χ1) is 25.3. The van der Waals surface area contributed by atoms with Crippen LogP contribution in [-0.2, 0) is 16.2 Å². The van der Waals surface area contributed by atoms with Crippen molar-refractivity contribution in [3.8, 4) is 5.75 Å². The van der Waals surface area contributed by atoms with E-state index in [1.165, 1.54) is 29.3 Å². The van der Waals surface area contributed by atoms with Gasteiger partial charge < -0.3 is 9.64 Å². The summed E-state index contributed by atoms with van der Waals surface area (Å²) in [5, 5.41) is 13.5. The lowest BCUT2D eigenvalue weighted by Crippen LogP contribution is -2.54. The van der Waals surface area contributed by atoms with Gasteiger partial charge in [0, 0.05) is 42.7 Å². The average Bonchev–Trinajstić information content (AvgIpc) is 3.17. The van der Waals surface area contributed by atoms with Crippen LogP contribution in [0.5, 0.6) is 5.75 Å². The topological polar surface area (TPSA) is 122 Å². The van der Waals surface area contributed by atoms with Crippen molar-refractivity contribution in [1.82, 2.24) is 5.32 Å². The second kappa shape index (κ2) is 13.6. The van der Waals surface area contributed by atoms with E-state index in [2.05, 4.69) is 34.5 Å². The molecule has 5 aromatic rings. The Morgan fingerprint density at radius 1 is 0.769 bits per heavy atom. The summed E-state index contributed by atoms with van der Waals surface area (Å²) >= 11 is 0. The highest BCUT2D eigenvalue weighted by molar-refractivity contribution is 6.39. The molecular weight excluding hydrogens is 656 g/mol. The monoisotopic (exact) mass is 690 g/mol. The zero-order chi connectivity index (χ0) is 35.8. The molecule has 0 radical (unpaired) electrons. The fraction of sp³-hybridized carbons (Fsp3) is 0.167. The second-order valence-electron chi connectivity index (χ2n) is 13.2. The number of nitro benzene ring substituents is 1. The number of imide groups is 2. The molecule has 8 rings (SSSR count). The number of nitro groups is 1. The van der Waals surface area contributed by atoms with E-state index in [9.17, 15) is 24.5 Å². The van der Waals surface area contributed by atoms with Gasteiger partial charge in [-0.2, -0.15) is 0 Å². The number of benzene rings is 5. The molecule has 10 nitrogen and oxygen atoms in total. The van der Waals surface area contributed by atoms with Crippen molar-refractivity contribution < 1.29 is 24.0 Å². The van der Waals surface area contributed by atoms with Crippen LogP contribution in [0.4, 0.5) is 21.9 Å². The van der Waals surface area contributed by atoms with Crippen molar-refractivity contribution in [1.29, 1.82) is 0 Å². The molecule has 5 aromatic carbocycles. The third-order valence-corrected chi connectivity index (χ3v) is 10.1. The fourth-order valence-electron chi connectivity index (χ4n) is 7.61. The van der Waals surface area contributed by atoms with Crippen LogP contribution in [0.3, 0.4) is 0 Å². The maximum absolute atomic E-state index is 14.2. The molecule has 3 heterocycles. The number of carbonyl (C=O) groups is 3. The zero-order valence-corrected chi connectivity index (χ0v) is 28.1. The summed E-state index contributed by atoms with van der Waals surface area (Å²) in [5.41, 5.74) is 7.06. The molecule has 0 aliphatic carbocycles. The van der Waals surface area contributed by atoms with E-state index in [1.54, 1.807) is 36.4 Å². The first-order valence-electron chi connectivity index (χ1n) is 17.2. The number of carbonyl (C=O) groups excluding carboxylic acids is 3. The highest BCUT2D eigenvalue weighted by atomic mass is 16.6. The van der Waals surface area contributed by atoms with Gasteiger partial charge in [-0.3, -0.25) is 25.0 Å². The largest absolute Gasteiger partial charge is 0.489 e. The lowest BCUT2D eigenvalue weighted by atomic mass is 9.76. The Morgan fingerprint density at radius 2 is 1.38 bits per heavy atom. The van der Waals surface area contributed by atoms with Gasteiger partial charge in [0.15, 0.2) is 0 Å². The minimum Gasteiger partial charge on any atom is -0.489 e. The van der Waals surface area contributed by atoms with Crippen molar-refractivity contribution in [2.45, 2.75) is 31.3 Å². The van der Waals surface area contributed by atoms with E-state index < -0.39 is 22.8 Å². The Labute approximate surface area is 300 Å². The predicted molar refractivity (Wildman–Crippen MR) is 197 cm³/mol. The summed E-state index contributed by atoms with van der Waals surface area (Å²) < 4.78 is 5.82. The fourth-order valence-corrected chi connectivity index (χ4v) is 7.61. The molecule has 0 aromatic heterocycles. The standard InChI is InChI=1S/C42H34N4O6/c47-40-38(23-27-14-16-33(17-15-27)52-26-28-8-7-13-31(22-28)46(50)51)41(48)45(42(49)43-40)32-24-36-34(29-9-3-1-4-10-29)18-20-44-21-19-35(37(25-32)39(36)44)30-11-5-2-6-12-30/h1-17,22-25,34-35H,18-21,26H2,(H,43,47,49)/b38-23+/t34-,35-/m0/s1. The van der Waals surface area contributed by atoms with Crippen LogP contribution >= 0.6 is 0 Å². The predicted octanol–water partition coefficient (Wildman–Crippen LogP) is 7.72. The van der Waals surface area contributed by atoms with Gasteiger partial charge in [-0.1, -0.05) is 84.9 Å². The number of hydrogen-bond donors (Lipinski definition) is 1. The number of barbiturate groups is 1. The maximum atomic E-state index is 14.2. The van der Waals surface area contributed by atoms with Crippen LogP contribution in [0.25, 0.3) is 6.08 Å². The number of ether oxygens (including phenoxy) is 1. The van der Waals surface area contributed by atoms with Gasteiger partial charge >= 0.3 is 6.03 Å². The number of anilines is 2. The van der Waals surface area contributed by atoms with E-state index >= 15 is 0 Å². The lowest BCUT2D eigenvalue weighted by molar-refractivity contribution is -0.384. The molecule has 1 N–H and O–H groups in total. The Morgan fingerprint density at radius 3 is 1.98 bits per heavy atom. The molecule has 1 saturated heterocycles. The highest BCUT2D eigenvalue weighted by Gasteiger charge is 2.40. The Balaban J connectivity index is 1.13. The molecule has 3 aliphatic rings. The van der Waals surface area contributed by atoms with Gasteiger partial charge in [-0.25, -0.2) is 9.69 Å². The first-order valence-corrected chi connectivity index (χ1v) is 17.2. The molecule has 0 bridgehead atoms. The summed E-state index contributed by atoms with van der Waals surface area (Å²) in [6.07, 6.45) is 3.25. The molecule has 4 amide bonds. The molecule has 52 heavy (non-hydrogen) atoms. The number of amides is 4. The smallest absolute Gasteiger partial charge is 0.335 e. The van der Waals surface area contributed by atoms with Crippen molar-refractivity contribution >= 4 is 41.0 Å². The maximum Gasteiger partial charge on any atom is 0.335 e. The highest BCUT2D eigenvalue weighted by Crippen LogP contribution is 2.50. The van der Waals surface area contributed by atoms with Gasteiger partial charge in [-0.15, -0.1) is 0 Å². The quantitative estimate of drug-likeness (QED) is 0.0766. The molecule has 2 atom stereocenters. The number of hydrogen-bond acceptors (Lipinski definition) is 7. The van der Waals surface area contributed by atoms with Gasteiger partial charge in [0.05, 0.1) is 10.6 Å². The summed E-state index contributed by atoms with van der Waals surface area (Å²) in [6, 6.07) is 36.7. The van der Waals surface area contributed by atoms with Crippen LogP contribution in [0.15, 0.2) is 127 Å². The van der Waals surface area contributed by atoms with Gasteiger partial charge in [0.2, 0.25) is 0 Å². The third kappa shape index (κ3) is 6.19. The van der Waals surface area contributed by atoms with Crippen molar-refractivity contribution in [3.05, 3.63) is 170 Å². The van der Waals surface area contributed by atoms with Crippen LogP contribution in [-0.4, -0.2) is 35.9 Å². The number of non-ortho nitro benzene ring substituents is 1. The minimum absolute atomic E-state index is 0.0187. The van der Waals surface area contributed by atoms with Crippen molar-refractivity contribution in [3.63, 3.8) is 0 Å². The molecule has 258 valence electrons. The molecule has 1 fully saturated rings. The van der Waals surface area contributed by atoms with Crippen LogP contribution in [0.1, 0.15) is 58.1 Å². The van der Waals surface area contributed by atoms with E-state index in [1.807, 2.05) is 48.5 Å². The van der Waals surface area contributed by atoms with Gasteiger partial charge in [-0.05, 0) is 76.6 Å². The van der Waals surface area contributed by atoms with Crippen molar-refractivity contribution in [2.24, 2.45) is 0 Å². The van der Waals surface area contributed by atoms with Crippen LogP contribution in [0.2, 0.25) is 0 Å². The zero-order valence-electron chi connectivity index (χ0n) is 28.1. The molecule has 10 heteroatoms. The summed E-state index contributed by atoms with van der Waals surface area (Å²) in [6.45, 7) is 1.93. The number of urea groups is 1. The Kier molecular flexibility index (Phi) is 8.56. The van der Waals surface area contributed by atoms with Gasteiger partial charge in [0.25, 0.3) is 17.5 Å². The number of rotatable bonds is 8. The van der Waals surface area contributed by atoms with Crippen LogP contribution in [0, 0.1) is 10.1 Å². The van der Waals surface area contributed by atoms with E-state index in [0.717, 1.165) is 47.6 Å². The van der Waals surface area contributed by atoms with E-state index in [-0.39, 0.29) is 29.7 Å². The first kappa shape index (κ1) is 32.6. The molecule has 0 unspecified atom stereocenters. The summed E-state index contributed by atoms with van der Waals surface area (Å²) in [5.74, 6) is -0.839. The van der Waals surface area contributed by atoms with Gasteiger partial charge in [0.1, 0.15) is 17.9 Å². The number of nitrogens with zero attached hydrogens (tertiary/aromatic N) is 3. The third-order valence-electron chi connectivity index (χ3n) is 10.1. The molecule has 0 saturated carbocycles. The minimum atomic E-state index is -0.791. The lowest BCUT2D eigenvalue weighted by Gasteiger charge is -2.44. The average molecular weight is 691 g/mol. The number of nitrogens with one attached hydrogen (secondary N) is 1. The SMILES string of the molecule is O=C1NC(=O)N(c2cc3c4c(c2)[C@H](c2ccccc2)CCN4CC[C@H]3c2ccccc2)C(=O)/C1=C/c1ccc(OCc2cccc([N+](=O)[O-])c2)cc1. The van der Waals surface area contributed by atoms with E-state index in [4.69, 9.17) is 4.74 Å². The summed E-state index contributed by atoms with van der Waals surface area (Å²) in [7, 11) is 0. The van der Waals surface area contributed by atoms with Crippen molar-refractivity contribution in [2.75, 3.05) is 22.9 Å². The molecular formula is C42H34N4O6. The molecule has 0 spiro atoms. The van der Waals surface area contributed by atoms with Crippen LogP contribution < -0.4 is 19.9 Å². The molecule has 3 aliphatic heterocycles. The summed E-state index contributed by atoms with van der Waals surface area (Å²) in [4.78, 5) is 55.0. The second-order valence-corrected chi connectivity index (χ2v) is 13.2. The Bertz CT molecular complexity index is 2160.